The average molecular weight is 539 g/mol. The molecule has 0 saturated heterocycles. The molecule has 1 unspecified atom stereocenters. The third-order valence-electron chi connectivity index (χ3n) is 6.04. The lowest BCUT2D eigenvalue weighted by Crippen LogP contribution is -2.26. The van der Waals surface area contributed by atoms with Crippen LogP contribution in [-0.4, -0.2) is 50.6 Å². The van der Waals surface area contributed by atoms with Crippen LogP contribution in [0.3, 0.4) is 0 Å². The van der Waals surface area contributed by atoms with Crippen LogP contribution < -0.4 is 15.4 Å². The van der Waals surface area contributed by atoms with Gasteiger partial charge in [0.25, 0.3) is 0 Å². The predicted octanol–water partition coefficient (Wildman–Crippen LogP) is 4.22. The molecule has 4 rings (SSSR count). The first-order valence-corrected chi connectivity index (χ1v) is 13.9. The van der Waals surface area contributed by atoms with Crippen molar-refractivity contribution in [1.29, 1.82) is 0 Å². The molecular formula is C28H30N2O7S. The van der Waals surface area contributed by atoms with E-state index in [2.05, 4.69) is 10.6 Å². The minimum atomic E-state index is -3.34. The molecule has 0 spiro atoms. The van der Waals surface area contributed by atoms with E-state index in [9.17, 15) is 18.3 Å². The molecule has 1 heterocycles. The number of hydrogen-bond donors (Lipinski definition) is 4. The van der Waals surface area contributed by atoms with E-state index < -0.39 is 21.9 Å². The molecule has 0 fully saturated rings. The van der Waals surface area contributed by atoms with Crippen LogP contribution in [0.5, 0.6) is 5.75 Å². The van der Waals surface area contributed by atoms with Gasteiger partial charge in [-0.05, 0) is 43.3 Å². The van der Waals surface area contributed by atoms with Gasteiger partial charge >= 0.3 is 5.97 Å². The quantitative estimate of drug-likeness (QED) is 0.195. The minimum Gasteiger partial charge on any atom is -0.492 e. The molecule has 0 bridgehead atoms. The van der Waals surface area contributed by atoms with Crippen LogP contribution in [-0.2, 0) is 21.1 Å². The van der Waals surface area contributed by atoms with Crippen LogP contribution in [0.25, 0.3) is 11.0 Å². The maximum Gasteiger partial charge on any atom is 0.307 e. The van der Waals surface area contributed by atoms with Crippen molar-refractivity contribution in [2.24, 2.45) is 0 Å². The van der Waals surface area contributed by atoms with Gasteiger partial charge in [-0.1, -0.05) is 24.3 Å². The third-order valence-corrected chi connectivity index (χ3v) is 7.15. The Morgan fingerprint density at radius 3 is 2.63 bits per heavy atom. The van der Waals surface area contributed by atoms with Crippen molar-refractivity contribution in [1.82, 2.24) is 5.32 Å². The Labute approximate surface area is 221 Å². The van der Waals surface area contributed by atoms with Gasteiger partial charge in [0.1, 0.15) is 23.7 Å². The number of hydrogen-bond acceptors (Lipinski definition) is 8. The number of aliphatic carboxylic acids is 1. The highest BCUT2D eigenvalue weighted by Crippen LogP contribution is 2.30. The fourth-order valence-corrected chi connectivity index (χ4v) is 4.83. The van der Waals surface area contributed by atoms with Gasteiger partial charge in [0.15, 0.2) is 9.84 Å². The van der Waals surface area contributed by atoms with E-state index >= 15 is 0 Å². The number of furan rings is 1. The number of nitrogens with one attached hydrogen (secondary N) is 2. The zero-order valence-electron chi connectivity index (χ0n) is 21.1. The van der Waals surface area contributed by atoms with Crippen LogP contribution in [0.2, 0.25) is 0 Å². The van der Waals surface area contributed by atoms with E-state index in [4.69, 9.17) is 14.3 Å². The van der Waals surface area contributed by atoms with Gasteiger partial charge in [0, 0.05) is 53.3 Å². The van der Waals surface area contributed by atoms with Crippen molar-refractivity contribution in [3.05, 3.63) is 83.6 Å². The van der Waals surface area contributed by atoms with E-state index in [1.54, 1.807) is 43.3 Å². The smallest absolute Gasteiger partial charge is 0.307 e. The molecule has 3 aromatic carbocycles. The molecule has 0 amide bonds. The lowest BCUT2D eigenvalue weighted by atomic mass is 10.1. The number of benzene rings is 3. The normalized spacial score (nSPS) is 12.4. The van der Waals surface area contributed by atoms with E-state index in [0.717, 1.165) is 11.6 Å². The van der Waals surface area contributed by atoms with E-state index in [1.165, 1.54) is 6.07 Å². The number of sulfone groups is 1. The van der Waals surface area contributed by atoms with Gasteiger partial charge in [-0.2, -0.15) is 0 Å². The molecule has 38 heavy (non-hydrogen) atoms. The summed E-state index contributed by atoms with van der Waals surface area (Å²) in [5, 5.41) is 27.0. The SMILES string of the molecule is Cc1oc2cc(OCCNCC(O)c3ccccc3Nc3cccc(S(C)(=O)=O)c3)ccc2c1CC(=O)O. The Morgan fingerprint density at radius 2 is 1.87 bits per heavy atom. The summed E-state index contributed by atoms with van der Waals surface area (Å²) < 4.78 is 35.2. The predicted molar refractivity (Wildman–Crippen MR) is 145 cm³/mol. The number of carboxylic acids is 1. The van der Waals surface area contributed by atoms with Gasteiger partial charge in [0.05, 0.1) is 17.4 Å². The number of aliphatic hydroxyl groups excluding tert-OH is 1. The number of anilines is 2. The van der Waals surface area contributed by atoms with Gasteiger partial charge in [-0.25, -0.2) is 8.42 Å². The molecule has 0 radical (unpaired) electrons. The standard InChI is InChI=1S/C28H30N2O7S/c1-18-24(16-28(32)33)22-11-10-20(15-27(22)37-18)36-13-12-29-17-26(31)23-8-3-4-9-25(23)30-19-6-5-7-21(14-19)38(2,34)35/h3-11,14-15,26,29-31H,12-13,16-17H2,1-2H3,(H,32,33). The van der Waals surface area contributed by atoms with E-state index in [0.29, 0.717) is 52.7 Å². The molecule has 9 nitrogen and oxygen atoms in total. The highest BCUT2D eigenvalue weighted by Gasteiger charge is 2.15. The fraction of sp³-hybridized carbons (Fsp3) is 0.250. The molecule has 4 N–H and O–H groups in total. The first-order chi connectivity index (χ1) is 18.1. The second kappa shape index (κ2) is 11.7. The second-order valence-corrected chi connectivity index (χ2v) is 11.0. The Hall–Kier alpha value is -3.86. The summed E-state index contributed by atoms with van der Waals surface area (Å²) in [5.41, 5.74) is 3.18. The maximum absolute atomic E-state index is 11.9. The van der Waals surface area contributed by atoms with E-state index in [1.807, 2.05) is 24.3 Å². The summed E-state index contributed by atoms with van der Waals surface area (Å²) in [4.78, 5) is 11.3. The molecule has 0 aliphatic rings. The topological polar surface area (TPSA) is 138 Å². The monoisotopic (exact) mass is 538 g/mol. The zero-order chi connectivity index (χ0) is 27.3. The number of carbonyl (C=O) groups is 1. The molecule has 0 aliphatic carbocycles. The van der Waals surface area contributed by atoms with Crippen LogP contribution in [0, 0.1) is 6.92 Å². The molecule has 1 aromatic heterocycles. The summed E-state index contributed by atoms with van der Waals surface area (Å²) in [6.07, 6.45) is 0.247. The number of para-hydroxylation sites is 1. The minimum absolute atomic E-state index is 0.100. The lowest BCUT2D eigenvalue weighted by Gasteiger charge is -2.18. The van der Waals surface area contributed by atoms with Crippen molar-refractivity contribution in [2.45, 2.75) is 24.3 Å². The van der Waals surface area contributed by atoms with Gasteiger partial charge < -0.3 is 30.0 Å². The fourth-order valence-electron chi connectivity index (χ4n) is 4.16. The van der Waals surface area contributed by atoms with Crippen molar-refractivity contribution < 1.29 is 32.6 Å². The molecule has 10 heteroatoms. The first-order valence-electron chi connectivity index (χ1n) is 12.0. The molecule has 1 atom stereocenters. The molecular weight excluding hydrogens is 508 g/mol. The Balaban J connectivity index is 1.31. The maximum atomic E-state index is 11.9. The van der Waals surface area contributed by atoms with Crippen molar-refractivity contribution in [3.63, 3.8) is 0 Å². The van der Waals surface area contributed by atoms with E-state index in [-0.39, 0.29) is 17.9 Å². The van der Waals surface area contributed by atoms with Gasteiger partial charge in [-0.3, -0.25) is 4.79 Å². The van der Waals surface area contributed by atoms with Crippen molar-refractivity contribution in [2.75, 3.05) is 31.3 Å². The molecule has 4 aromatic rings. The highest BCUT2D eigenvalue weighted by molar-refractivity contribution is 7.90. The summed E-state index contributed by atoms with van der Waals surface area (Å²) in [5.74, 6) is 0.262. The number of rotatable bonds is 12. The second-order valence-electron chi connectivity index (χ2n) is 8.95. The molecule has 200 valence electrons. The summed E-state index contributed by atoms with van der Waals surface area (Å²) in [6.45, 7) is 2.84. The Kier molecular flexibility index (Phi) is 8.35. The number of ether oxygens (including phenoxy) is 1. The highest BCUT2D eigenvalue weighted by atomic mass is 32.2. The van der Waals surface area contributed by atoms with Crippen LogP contribution in [0.15, 0.2) is 76.0 Å². The first kappa shape index (κ1) is 27.2. The van der Waals surface area contributed by atoms with Crippen LogP contribution in [0.4, 0.5) is 11.4 Å². The van der Waals surface area contributed by atoms with Crippen molar-refractivity contribution in [3.8, 4) is 5.75 Å². The Bertz CT molecular complexity index is 1550. The average Bonchev–Trinajstić information content (AvgIpc) is 3.17. The van der Waals surface area contributed by atoms with Gasteiger partial charge in [0.2, 0.25) is 0 Å². The lowest BCUT2D eigenvalue weighted by molar-refractivity contribution is -0.136. The number of aliphatic hydroxyl groups is 1. The summed E-state index contributed by atoms with van der Waals surface area (Å²) >= 11 is 0. The summed E-state index contributed by atoms with van der Waals surface area (Å²) in [6, 6.07) is 19.1. The number of carboxylic acid groups (broad SMARTS) is 1. The van der Waals surface area contributed by atoms with Crippen LogP contribution in [0.1, 0.15) is 23.0 Å². The van der Waals surface area contributed by atoms with Crippen LogP contribution >= 0.6 is 0 Å². The summed E-state index contributed by atoms with van der Waals surface area (Å²) in [7, 11) is -3.34. The Morgan fingerprint density at radius 1 is 1.08 bits per heavy atom. The zero-order valence-corrected chi connectivity index (χ0v) is 21.9. The third kappa shape index (κ3) is 6.71. The number of fused-ring (bicyclic) bond motifs is 1. The van der Waals surface area contributed by atoms with Crippen molar-refractivity contribution >= 4 is 38.2 Å². The molecule has 0 aliphatic heterocycles. The number of aryl methyl sites for hydroxylation is 1. The van der Waals surface area contributed by atoms with Gasteiger partial charge in [-0.15, -0.1) is 0 Å². The molecule has 0 saturated carbocycles. The largest absolute Gasteiger partial charge is 0.492 e.